The maximum atomic E-state index is 11.2. The summed E-state index contributed by atoms with van der Waals surface area (Å²) in [6.45, 7) is 2.95. The Balaban J connectivity index is 1.97. The molecular formula is C17H19NO2. The van der Waals surface area contributed by atoms with E-state index in [2.05, 4.69) is 23.5 Å². The molecule has 0 unspecified atom stereocenters. The minimum Gasteiger partial charge on any atom is -0.381 e. The summed E-state index contributed by atoms with van der Waals surface area (Å²) in [6, 6.07) is 15.8. The third kappa shape index (κ3) is 3.93. The van der Waals surface area contributed by atoms with Gasteiger partial charge in [0.1, 0.15) is 0 Å². The molecule has 0 heterocycles. The summed E-state index contributed by atoms with van der Waals surface area (Å²) < 4.78 is 5.13. The summed E-state index contributed by atoms with van der Waals surface area (Å²) >= 11 is 0. The first-order valence-corrected chi connectivity index (χ1v) is 6.60. The first-order chi connectivity index (χ1) is 9.69. The van der Waals surface area contributed by atoms with Crippen molar-refractivity contribution in [2.75, 3.05) is 12.4 Å². The number of carbonyl (C=O) groups excluding carboxylic acids is 1. The smallest absolute Gasteiger partial charge is 0.159 e. The second-order valence-corrected chi connectivity index (χ2v) is 4.74. The number of carbonyl (C=O) groups is 1. The maximum absolute atomic E-state index is 11.2. The van der Waals surface area contributed by atoms with E-state index in [0.717, 1.165) is 17.8 Å². The fourth-order valence-corrected chi connectivity index (χ4v) is 2.02. The maximum Gasteiger partial charge on any atom is 0.159 e. The van der Waals surface area contributed by atoms with Gasteiger partial charge in [0.2, 0.25) is 0 Å². The van der Waals surface area contributed by atoms with Gasteiger partial charge in [0, 0.05) is 24.9 Å². The Bertz CT molecular complexity index is 576. The number of anilines is 1. The van der Waals surface area contributed by atoms with E-state index in [9.17, 15) is 4.79 Å². The summed E-state index contributed by atoms with van der Waals surface area (Å²) in [7, 11) is 1.70. The highest BCUT2D eigenvalue weighted by molar-refractivity contribution is 5.94. The number of hydrogen-bond donors (Lipinski definition) is 1. The number of methoxy groups -OCH3 is 1. The van der Waals surface area contributed by atoms with Gasteiger partial charge in [-0.15, -0.1) is 0 Å². The van der Waals surface area contributed by atoms with Crippen LogP contribution in [-0.2, 0) is 17.9 Å². The van der Waals surface area contributed by atoms with Crippen molar-refractivity contribution in [3.05, 3.63) is 65.2 Å². The van der Waals surface area contributed by atoms with E-state index >= 15 is 0 Å². The van der Waals surface area contributed by atoms with Crippen LogP contribution in [-0.4, -0.2) is 12.9 Å². The SMILES string of the molecule is COCc1cccc(CNc2ccc(C(C)=O)cc2)c1. The van der Waals surface area contributed by atoms with Crippen molar-refractivity contribution in [3.63, 3.8) is 0 Å². The van der Waals surface area contributed by atoms with E-state index in [0.29, 0.717) is 6.61 Å². The normalized spacial score (nSPS) is 10.3. The molecule has 20 heavy (non-hydrogen) atoms. The third-order valence-corrected chi connectivity index (χ3v) is 3.09. The Labute approximate surface area is 119 Å². The fourth-order valence-electron chi connectivity index (χ4n) is 2.02. The molecule has 2 aromatic rings. The molecule has 0 spiro atoms. The molecule has 2 rings (SSSR count). The van der Waals surface area contributed by atoms with Gasteiger partial charge >= 0.3 is 0 Å². The van der Waals surface area contributed by atoms with E-state index in [4.69, 9.17) is 4.74 Å². The topological polar surface area (TPSA) is 38.3 Å². The van der Waals surface area contributed by atoms with E-state index in [1.807, 2.05) is 30.3 Å². The molecule has 0 saturated carbocycles. The highest BCUT2D eigenvalue weighted by Gasteiger charge is 2.00. The van der Waals surface area contributed by atoms with Crippen LogP contribution in [0.2, 0.25) is 0 Å². The quantitative estimate of drug-likeness (QED) is 0.813. The van der Waals surface area contributed by atoms with Crippen LogP contribution < -0.4 is 5.32 Å². The van der Waals surface area contributed by atoms with Crippen LogP contribution in [0.3, 0.4) is 0 Å². The number of benzene rings is 2. The van der Waals surface area contributed by atoms with Gasteiger partial charge in [0.25, 0.3) is 0 Å². The lowest BCUT2D eigenvalue weighted by molar-refractivity contribution is 0.101. The second-order valence-electron chi connectivity index (χ2n) is 4.74. The molecular weight excluding hydrogens is 250 g/mol. The summed E-state index contributed by atoms with van der Waals surface area (Å²) in [5, 5.41) is 3.34. The van der Waals surface area contributed by atoms with Crippen LogP contribution in [0.1, 0.15) is 28.4 Å². The zero-order valence-corrected chi connectivity index (χ0v) is 11.8. The van der Waals surface area contributed by atoms with Crippen molar-refractivity contribution in [1.82, 2.24) is 0 Å². The minimum absolute atomic E-state index is 0.0869. The summed E-state index contributed by atoms with van der Waals surface area (Å²) in [4.78, 5) is 11.2. The van der Waals surface area contributed by atoms with Gasteiger partial charge in [-0.2, -0.15) is 0 Å². The van der Waals surface area contributed by atoms with Crippen LogP contribution in [0.15, 0.2) is 48.5 Å². The molecule has 0 aliphatic rings. The summed E-state index contributed by atoms with van der Waals surface area (Å²) in [5.41, 5.74) is 4.11. The molecule has 104 valence electrons. The number of rotatable bonds is 6. The van der Waals surface area contributed by atoms with Gasteiger partial charge in [-0.05, 0) is 42.3 Å². The molecule has 0 fully saturated rings. The highest BCUT2D eigenvalue weighted by Crippen LogP contribution is 2.13. The lowest BCUT2D eigenvalue weighted by Gasteiger charge is -2.08. The molecule has 2 aromatic carbocycles. The molecule has 3 nitrogen and oxygen atoms in total. The highest BCUT2D eigenvalue weighted by atomic mass is 16.5. The molecule has 0 atom stereocenters. The minimum atomic E-state index is 0.0869. The number of Topliss-reactive ketones (excluding diaryl/α,β-unsaturated/α-hetero) is 1. The monoisotopic (exact) mass is 269 g/mol. The van der Waals surface area contributed by atoms with Gasteiger partial charge < -0.3 is 10.1 Å². The molecule has 0 radical (unpaired) electrons. The van der Waals surface area contributed by atoms with Crippen LogP contribution in [0.4, 0.5) is 5.69 Å². The Kier molecular flexibility index (Phi) is 4.91. The number of nitrogens with one attached hydrogen (secondary N) is 1. The second kappa shape index (κ2) is 6.87. The Hall–Kier alpha value is -2.13. The number of ether oxygens (including phenoxy) is 1. The van der Waals surface area contributed by atoms with Crippen molar-refractivity contribution in [2.45, 2.75) is 20.1 Å². The first-order valence-electron chi connectivity index (χ1n) is 6.60. The Morgan fingerprint density at radius 2 is 1.80 bits per heavy atom. The Morgan fingerprint density at radius 3 is 2.45 bits per heavy atom. The van der Waals surface area contributed by atoms with Gasteiger partial charge in [-0.3, -0.25) is 4.79 Å². The average Bonchev–Trinajstić information content (AvgIpc) is 2.46. The van der Waals surface area contributed by atoms with Crippen molar-refractivity contribution in [2.24, 2.45) is 0 Å². The van der Waals surface area contributed by atoms with E-state index in [1.54, 1.807) is 14.0 Å². The average molecular weight is 269 g/mol. The molecule has 0 aliphatic carbocycles. The standard InChI is InChI=1S/C17H19NO2/c1-13(19)16-6-8-17(9-7-16)18-11-14-4-3-5-15(10-14)12-20-2/h3-10,18H,11-12H2,1-2H3. The van der Waals surface area contributed by atoms with Gasteiger partial charge in [0.15, 0.2) is 5.78 Å². The van der Waals surface area contributed by atoms with Gasteiger partial charge in [0.05, 0.1) is 6.61 Å². The van der Waals surface area contributed by atoms with E-state index < -0.39 is 0 Å². The molecule has 0 amide bonds. The van der Waals surface area contributed by atoms with Crippen molar-refractivity contribution < 1.29 is 9.53 Å². The van der Waals surface area contributed by atoms with Crippen LogP contribution in [0, 0.1) is 0 Å². The Morgan fingerprint density at radius 1 is 1.10 bits per heavy atom. The van der Waals surface area contributed by atoms with Crippen molar-refractivity contribution in [3.8, 4) is 0 Å². The molecule has 0 aliphatic heterocycles. The molecule has 0 bridgehead atoms. The van der Waals surface area contributed by atoms with Crippen LogP contribution in [0.5, 0.6) is 0 Å². The van der Waals surface area contributed by atoms with E-state index in [1.165, 1.54) is 11.1 Å². The molecule has 0 saturated heterocycles. The summed E-state index contributed by atoms with van der Waals surface area (Å²) in [6.07, 6.45) is 0. The predicted octanol–water partition coefficient (Wildman–Crippen LogP) is 3.65. The van der Waals surface area contributed by atoms with E-state index in [-0.39, 0.29) is 5.78 Å². The number of ketones is 1. The zero-order chi connectivity index (χ0) is 14.4. The van der Waals surface area contributed by atoms with Crippen molar-refractivity contribution in [1.29, 1.82) is 0 Å². The molecule has 1 N–H and O–H groups in total. The largest absolute Gasteiger partial charge is 0.381 e. The predicted molar refractivity (Wildman–Crippen MR) is 80.9 cm³/mol. The molecule has 3 heteroatoms. The third-order valence-electron chi connectivity index (χ3n) is 3.09. The zero-order valence-electron chi connectivity index (χ0n) is 11.8. The van der Waals surface area contributed by atoms with Gasteiger partial charge in [-0.1, -0.05) is 24.3 Å². The summed E-state index contributed by atoms with van der Waals surface area (Å²) in [5.74, 6) is 0.0869. The van der Waals surface area contributed by atoms with Crippen LogP contribution >= 0.6 is 0 Å². The van der Waals surface area contributed by atoms with Gasteiger partial charge in [-0.25, -0.2) is 0 Å². The first kappa shape index (κ1) is 14.3. The van der Waals surface area contributed by atoms with Crippen LogP contribution in [0.25, 0.3) is 0 Å². The fraction of sp³-hybridized carbons (Fsp3) is 0.235. The molecule has 0 aromatic heterocycles. The van der Waals surface area contributed by atoms with Crippen molar-refractivity contribution >= 4 is 11.5 Å². The number of hydrogen-bond acceptors (Lipinski definition) is 3. The lowest BCUT2D eigenvalue weighted by Crippen LogP contribution is -2.01. The lowest BCUT2D eigenvalue weighted by atomic mass is 10.1.